The third-order valence-corrected chi connectivity index (χ3v) is 6.23. The Bertz CT molecular complexity index is 473. The van der Waals surface area contributed by atoms with Crippen molar-refractivity contribution < 1.29 is 14.3 Å². The Labute approximate surface area is 157 Å². The summed E-state index contributed by atoms with van der Waals surface area (Å²) in [5, 5.41) is 0. The van der Waals surface area contributed by atoms with Crippen molar-refractivity contribution in [3.63, 3.8) is 0 Å². The van der Waals surface area contributed by atoms with E-state index in [2.05, 4.69) is 4.90 Å². The molecule has 3 heterocycles. The summed E-state index contributed by atoms with van der Waals surface area (Å²) in [5.41, 5.74) is 0. The molecule has 3 aliphatic rings. The molecule has 0 saturated carbocycles. The van der Waals surface area contributed by atoms with E-state index in [0.29, 0.717) is 19.8 Å². The summed E-state index contributed by atoms with van der Waals surface area (Å²) in [7, 11) is 0. The maximum Gasteiger partial charge on any atom is 0.225 e. The van der Waals surface area contributed by atoms with Gasteiger partial charge < -0.3 is 19.4 Å². The van der Waals surface area contributed by atoms with E-state index < -0.39 is 0 Å². The summed E-state index contributed by atoms with van der Waals surface area (Å²) in [6.07, 6.45) is 7.56. The van der Waals surface area contributed by atoms with Crippen molar-refractivity contribution in [3.05, 3.63) is 0 Å². The predicted molar refractivity (Wildman–Crippen MR) is 101 cm³/mol. The highest BCUT2D eigenvalue weighted by molar-refractivity contribution is 5.79. The lowest BCUT2D eigenvalue weighted by atomic mass is 9.96. The largest absolute Gasteiger partial charge is 0.381 e. The minimum absolute atomic E-state index is 0.113. The molecule has 6 heteroatoms. The van der Waals surface area contributed by atoms with Gasteiger partial charge in [-0.1, -0.05) is 6.42 Å². The molecule has 26 heavy (non-hydrogen) atoms. The number of ether oxygens (including phenoxy) is 1. The van der Waals surface area contributed by atoms with Crippen LogP contribution in [0.5, 0.6) is 0 Å². The van der Waals surface area contributed by atoms with Crippen molar-refractivity contribution in [1.82, 2.24) is 14.7 Å². The van der Waals surface area contributed by atoms with E-state index in [0.717, 1.165) is 58.4 Å². The second kappa shape index (κ2) is 9.70. The molecule has 1 unspecified atom stereocenters. The first-order valence-corrected chi connectivity index (χ1v) is 10.5. The van der Waals surface area contributed by atoms with Crippen LogP contribution in [0.15, 0.2) is 0 Å². The molecule has 3 saturated heterocycles. The standard InChI is InChI=1S/C20H35N3O3/c1-17(24)23(13-12-21-9-3-2-4-10-21)19-6-5-11-22(16-19)20(25)18-7-14-26-15-8-18/h18-19H,2-16H2,1H3. The van der Waals surface area contributed by atoms with Crippen LogP contribution in [-0.2, 0) is 14.3 Å². The van der Waals surface area contributed by atoms with E-state index in [1.54, 1.807) is 6.92 Å². The number of carbonyl (C=O) groups excluding carboxylic acids is 2. The van der Waals surface area contributed by atoms with Crippen molar-refractivity contribution in [2.24, 2.45) is 5.92 Å². The highest BCUT2D eigenvalue weighted by atomic mass is 16.5. The highest BCUT2D eigenvalue weighted by Gasteiger charge is 2.33. The van der Waals surface area contributed by atoms with Crippen LogP contribution in [0.2, 0.25) is 0 Å². The van der Waals surface area contributed by atoms with Gasteiger partial charge in [-0.2, -0.15) is 0 Å². The summed E-state index contributed by atoms with van der Waals surface area (Å²) >= 11 is 0. The monoisotopic (exact) mass is 365 g/mol. The first kappa shape index (κ1) is 19.6. The Balaban J connectivity index is 1.54. The fourth-order valence-electron chi connectivity index (χ4n) is 4.64. The minimum atomic E-state index is 0.113. The number of amides is 2. The fourth-order valence-corrected chi connectivity index (χ4v) is 4.64. The van der Waals surface area contributed by atoms with E-state index in [1.165, 1.54) is 19.3 Å². The summed E-state index contributed by atoms with van der Waals surface area (Å²) < 4.78 is 5.39. The Morgan fingerprint density at radius 1 is 1.00 bits per heavy atom. The topological polar surface area (TPSA) is 53.1 Å². The van der Waals surface area contributed by atoms with Gasteiger partial charge >= 0.3 is 0 Å². The lowest BCUT2D eigenvalue weighted by molar-refractivity contribution is -0.143. The average molecular weight is 366 g/mol. The number of hydrogen-bond donors (Lipinski definition) is 0. The Kier molecular flexibility index (Phi) is 7.32. The number of carbonyl (C=O) groups is 2. The molecule has 0 radical (unpaired) electrons. The van der Waals surface area contributed by atoms with Crippen LogP contribution in [0.4, 0.5) is 0 Å². The summed E-state index contributed by atoms with van der Waals surface area (Å²) in [5.74, 6) is 0.534. The molecule has 6 nitrogen and oxygen atoms in total. The maximum absolute atomic E-state index is 12.9. The first-order valence-electron chi connectivity index (χ1n) is 10.5. The lowest BCUT2D eigenvalue weighted by Crippen LogP contribution is -2.54. The van der Waals surface area contributed by atoms with Gasteiger partial charge in [0.2, 0.25) is 11.8 Å². The van der Waals surface area contributed by atoms with Crippen LogP contribution in [-0.4, -0.2) is 85.0 Å². The van der Waals surface area contributed by atoms with Crippen LogP contribution in [0.3, 0.4) is 0 Å². The molecule has 3 fully saturated rings. The number of nitrogens with zero attached hydrogens (tertiary/aromatic N) is 3. The molecular weight excluding hydrogens is 330 g/mol. The van der Waals surface area contributed by atoms with Gasteiger partial charge in [0, 0.05) is 58.3 Å². The van der Waals surface area contributed by atoms with Gasteiger partial charge in [-0.15, -0.1) is 0 Å². The van der Waals surface area contributed by atoms with Crippen molar-refractivity contribution >= 4 is 11.8 Å². The summed E-state index contributed by atoms with van der Waals surface area (Å²) in [6, 6.07) is 0.176. The van der Waals surface area contributed by atoms with Crippen molar-refractivity contribution in [2.45, 2.75) is 57.9 Å². The first-order chi connectivity index (χ1) is 12.6. The molecule has 0 aliphatic carbocycles. The fraction of sp³-hybridized carbons (Fsp3) is 0.900. The third kappa shape index (κ3) is 5.19. The van der Waals surface area contributed by atoms with Crippen LogP contribution < -0.4 is 0 Å². The number of piperidine rings is 2. The molecule has 0 aromatic rings. The molecule has 1 atom stereocenters. The van der Waals surface area contributed by atoms with E-state index in [4.69, 9.17) is 4.74 Å². The van der Waals surface area contributed by atoms with Crippen molar-refractivity contribution in [3.8, 4) is 0 Å². The molecule has 0 spiro atoms. The molecule has 0 bridgehead atoms. The molecular formula is C20H35N3O3. The quantitative estimate of drug-likeness (QED) is 0.745. The Hall–Kier alpha value is -1.14. The SMILES string of the molecule is CC(=O)N(CCN1CCCCC1)C1CCCN(C(=O)C2CCOCC2)C1. The molecule has 148 valence electrons. The smallest absolute Gasteiger partial charge is 0.225 e. The zero-order valence-corrected chi connectivity index (χ0v) is 16.3. The van der Waals surface area contributed by atoms with Gasteiger partial charge in [-0.05, 0) is 51.6 Å². The number of likely N-dealkylation sites (tertiary alicyclic amines) is 2. The van der Waals surface area contributed by atoms with Crippen molar-refractivity contribution in [1.29, 1.82) is 0 Å². The van der Waals surface area contributed by atoms with Gasteiger partial charge in [0.15, 0.2) is 0 Å². The van der Waals surface area contributed by atoms with Crippen LogP contribution >= 0.6 is 0 Å². The maximum atomic E-state index is 12.9. The molecule has 3 rings (SSSR count). The number of hydrogen-bond acceptors (Lipinski definition) is 4. The van der Waals surface area contributed by atoms with Gasteiger partial charge in [0.25, 0.3) is 0 Å². The normalized spacial score (nSPS) is 25.9. The van der Waals surface area contributed by atoms with E-state index >= 15 is 0 Å². The Morgan fingerprint density at radius 3 is 2.42 bits per heavy atom. The van der Waals surface area contributed by atoms with E-state index in [-0.39, 0.29) is 23.8 Å². The van der Waals surface area contributed by atoms with Crippen molar-refractivity contribution in [2.75, 3.05) is 52.5 Å². The van der Waals surface area contributed by atoms with Gasteiger partial charge in [-0.3, -0.25) is 9.59 Å². The van der Waals surface area contributed by atoms with Crippen LogP contribution in [0.25, 0.3) is 0 Å². The zero-order chi connectivity index (χ0) is 18.4. The minimum Gasteiger partial charge on any atom is -0.381 e. The van der Waals surface area contributed by atoms with E-state index in [1.807, 2.05) is 9.80 Å². The van der Waals surface area contributed by atoms with Gasteiger partial charge in [0.1, 0.15) is 0 Å². The van der Waals surface area contributed by atoms with Crippen LogP contribution in [0, 0.1) is 5.92 Å². The van der Waals surface area contributed by atoms with E-state index in [9.17, 15) is 9.59 Å². The second-order valence-electron chi connectivity index (χ2n) is 8.08. The molecule has 0 N–H and O–H groups in total. The molecule has 3 aliphatic heterocycles. The van der Waals surface area contributed by atoms with Crippen LogP contribution in [0.1, 0.15) is 51.9 Å². The summed E-state index contributed by atoms with van der Waals surface area (Å²) in [4.78, 5) is 31.7. The van der Waals surface area contributed by atoms with Gasteiger partial charge in [-0.25, -0.2) is 0 Å². The lowest BCUT2D eigenvalue weighted by Gasteiger charge is -2.41. The molecule has 2 amide bonds. The molecule has 0 aromatic heterocycles. The summed E-state index contributed by atoms with van der Waals surface area (Å²) in [6.45, 7) is 8.68. The third-order valence-electron chi connectivity index (χ3n) is 6.23. The average Bonchev–Trinajstić information content (AvgIpc) is 2.69. The molecule has 0 aromatic carbocycles. The Morgan fingerprint density at radius 2 is 1.73 bits per heavy atom. The highest BCUT2D eigenvalue weighted by Crippen LogP contribution is 2.23. The van der Waals surface area contributed by atoms with Gasteiger partial charge in [0.05, 0.1) is 0 Å². The predicted octanol–water partition coefficient (Wildman–Crippen LogP) is 1.74. The second-order valence-corrected chi connectivity index (χ2v) is 8.08. The number of rotatable bonds is 5. The zero-order valence-electron chi connectivity index (χ0n) is 16.3.